The number of methoxy groups -OCH3 is 1. The van der Waals surface area contributed by atoms with Gasteiger partial charge in [0.15, 0.2) is 5.69 Å². The molecule has 0 atom stereocenters. The average Bonchev–Trinajstić information content (AvgIpc) is 2.49. The van der Waals surface area contributed by atoms with Gasteiger partial charge in [0, 0.05) is 19.3 Å². The summed E-state index contributed by atoms with van der Waals surface area (Å²) in [5.74, 6) is -0.383. The Morgan fingerprint density at radius 2 is 2.54 bits per heavy atom. The maximum atomic E-state index is 11.0. The van der Waals surface area contributed by atoms with E-state index in [1.54, 1.807) is 16.9 Å². The van der Waals surface area contributed by atoms with Gasteiger partial charge in [-0.2, -0.15) is 5.10 Å². The van der Waals surface area contributed by atoms with Gasteiger partial charge in [0.05, 0.1) is 13.2 Å². The largest absolute Gasteiger partial charge is 0.464 e. The first-order chi connectivity index (χ1) is 6.31. The highest BCUT2D eigenvalue weighted by atomic mass is 16.5. The molecular formula is C8H11N3O2. The maximum absolute atomic E-state index is 11.0. The summed E-state index contributed by atoms with van der Waals surface area (Å²) in [6, 6.07) is 2.06. The van der Waals surface area contributed by atoms with Gasteiger partial charge in [-0.3, -0.25) is 4.68 Å². The maximum Gasteiger partial charge on any atom is 0.358 e. The monoisotopic (exact) mass is 181 g/mol. The molecule has 0 radical (unpaired) electrons. The molecule has 1 aromatic heterocycles. The number of hydrogen-bond donors (Lipinski definition) is 1. The molecule has 1 N–H and O–H groups in total. The molecule has 1 fully saturated rings. The molecule has 13 heavy (non-hydrogen) atoms. The summed E-state index contributed by atoms with van der Waals surface area (Å²) in [7, 11) is 1.35. The van der Waals surface area contributed by atoms with Crippen LogP contribution >= 0.6 is 0 Å². The van der Waals surface area contributed by atoms with E-state index in [4.69, 9.17) is 0 Å². The molecule has 2 heterocycles. The molecule has 0 spiro atoms. The Balaban J connectivity index is 2.12. The molecule has 5 heteroatoms. The van der Waals surface area contributed by atoms with E-state index in [0.717, 1.165) is 13.1 Å². The fraction of sp³-hybridized carbons (Fsp3) is 0.500. The minimum Gasteiger partial charge on any atom is -0.464 e. The van der Waals surface area contributed by atoms with Crippen molar-refractivity contribution in [1.29, 1.82) is 0 Å². The van der Waals surface area contributed by atoms with Crippen molar-refractivity contribution in [2.75, 3.05) is 20.2 Å². The number of hydrogen-bond acceptors (Lipinski definition) is 4. The third kappa shape index (κ3) is 1.42. The highest BCUT2D eigenvalue weighted by molar-refractivity contribution is 5.86. The number of rotatable bonds is 2. The van der Waals surface area contributed by atoms with Crippen LogP contribution in [0.1, 0.15) is 16.5 Å². The zero-order valence-electron chi connectivity index (χ0n) is 7.36. The topological polar surface area (TPSA) is 56.1 Å². The molecular weight excluding hydrogens is 170 g/mol. The van der Waals surface area contributed by atoms with Crippen molar-refractivity contribution >= 4 is 5.97 Å². The number of nitrogens with zero attached hydrogens (tertiary/aromatic N) is 2. The lowest BCUT2D eigenvalue weighted by atomic mass is 10.2. The van der Waals surface area contributed by atoms with Crippen molar-refractivity contribution in [2.45, 2.75) is 6.04 Å². The Morgan fingerprint density at radius 1 is 1.77 bits per heavy atom. The molecule has 0 amide bonds. The molecule has 1 aliphatic heterocycles. The third-order valence-corrected chi connectivity index (χ3v) is 2.14. The number of ether oxygens (including phenoxy) is 1. The quantitative estimate of drug-likeness (QED) is 0.643. The predicted octanol–water partition coefficient (Wildman–Crippen LogP) is -0.186. The van der Waals surface area contributed by atoms with E-state index in [-0.39, 0.29) is 5.97 Å². The number of aromatic nitrogens is 2. The van der Waals surface area contributed by atoms with Gasteiger partial charge in [0.25, 0.3) is 0 Å². The van der Waals surface area contributed by atoms with Crippen molar-refractivity contribution < 1.29 is 9.53 Å². The van der Waals surface area contributed by atoms with Gasteiger partial charge in [0.2, 0.25) is 0 Å². The van der Waals surface area contributed by atoms with Gasteiger partial charge >= 0.3 is 5.97 Å². The van der Waals surface area contributed by atoms with E-state index in [9.17, 15) is 4.79 Å². The molecule has 0 aliphatic carbocycles. The van der Waals surface area contributed by atoms with Crippen LogP contribution in [0.2, 0.25) is 0 Å². The fourth-order valence-corrected chi connectivity index (χ4v) is 1.22. The van der Waals surface area contributed by atoms with Gasteiger partial charge in [-0.05, 0) is 6.07 Å². The second-order valence-corrected chi connectivity index (χ2v) is 2.98. The smallest absolute Gasteiger partial charge is 0.358 e. The molecule has 0 bridgehead atoms. The third-order valence-electron chi connectivity index (χ3n) is 2.14. The van der Waals surface area contributed by atoms with E-state index in [1.807, 2.05) is 0 Å². The highest BCUT2D eigenvalue weighted by Crippen LogP contribution is 2.10. The summed E-state index contributed by atoms with van der Waals surface area (Å²) in [4.78, 5) is 11.0. The van der Waals surface area contributed by atoms with Gasteiger partial charge in [-0.25, -0.2) is 4.79 Å². The van der Waals surface area contributed by atoms with Gasteiger partial charge in [-0.1, -0.05) is 0 Å². The van der Waals surface area contributed by atoms with Crippen molar-refractivity contribution in [3.8, 4) is 0 Å². The number of esters is 1. The highest BCUT2D eigenvalue weighted by Gasteiger charge is 2.20. The van der Waals surface area contributed by atoms with Crippen LogP contribution < -0.4 is 5.32 Å². The van der Waals surface area contributed by atoms with E-state index in [1.165, 1.54) is 7.11 Å². The lowest BCUT2D eigenvalue weighted by Gasteiger charge is -2.27. The second kappa shape index (κ2) is 3.18. The first kappa shape index (κ1) is 8.25. The first-order valence-corrected chi connectivity index (χ1v) is 4.15. The van der Waals surface area contributed by atoms with Crippen LogP contribution in [-0.2, 0) is 4.74 Å². The van der Waals surface area contributed by atoms with Crippen LogP contribution in [0.25, 0.3) is 0 Å². The average molecular weight is 181 g/mol. The summed E-state index contributed by atoms with van der Waals surface area (Å²) in [5, 5.41) is 7.24. The van der Waals surface area contributed by atoms with Crippen LogP contribution in [-0.4, -0.2) is 35.9 Å². The minimum atomic E-state index is -0.383. The Morgan fingerprint density at radius 3 is 3.08 bits per heavy atom. The van der Waals surface area contributed by atoms with Crippen LogP contribution in [0.5, 0.6) is 0 Å². The van der Waals surface area contributed by atoms with Crippen LogP contribution in [0.3, 0.4) is 0 Å². The molecule has 0 aromatic carbocycles. The van der Waals surface area contributed by atoms with Crippen molar-refractivity contribution in [1.82, 2.24) is 15.1 Å². The molecule has 2 rings (SSSR count). The molecule has 1 saturated heterocycles. The molecule has 70 valence electrons. The number of carbonyl (C=O) groups excluding carboxylic acids is 1. The lowest BCUT2D eigenvalue weighted by molar-refractivity contribution is 0.0592. The Kier molecular flexibility index (Phi) is 2.02. The predicted molar refractivity (Wildman–Crippen MR) is 45.5 cm³/mol. The van der Waals surface area contributed by atoms with Crippen LogP contribution in [0.15, 0.2) is 12.3 Å². The number of nitrogens with one attached hydrogen (secondary N) is 1. The van der Waals surface area contributed by atoms with Crippen molar-refractivity contribution in [2.24, 2.45) is 0 Å². The summed E-state index contributed by atoms with van der Waals surface area (Å²) in [5.41, 5.74) is 0.370. The van der Waals surface area contributed by atoms with Gasteiger partial charge < -0.3 is 10.1 Å². The van der Waals surface area contributed by atoms with Gasteiger partial charge in [0.1, 0.15) is 0 Å². The van der Waals surface area contributed by atoms with E-state index in [0.29, 0.717) is 11.7 Å². The second-order valence-electron chi connectivity index (χ2n) is 2.98. The standard InChI is InChI=1S/C8H11N3O2/c1-13-8(12)7-2-3-11(10-7)6-4-9-5-6/h2-3,6,9H,4-5H2,1H3. The molecule has 0 unspecified atom stereocenters. The fourth-order valence-electron chi connectivity index (χ4n) is 1.22. The molecule has 1 aliphatic rings. The Labute approximate surface area is 75.7 Å². The van der Waals surface area contributed by atoms with Crippen molar-refractivity contribution in [3.05, 3.63) is 18.0 Å². The summed E-state index contributed by atoms with van der Waals surface area (Å²) >= 11 is 0. The number of carbonyl (C=O) groups is 1. The zero-order chi connectivity index (χ0) is 9.26. The molecule has 0 saturated carbocycles. The normalized spacial score (nSPS) is 16.7. The summed E-state index contributed by atoms with van der Waals surface area (Å²) in [6.45, 7) is 1.84. The van der Waals surface area contributed by atoms with Crippen molar-refractivity contribution in [3.63, 3.8) is 0 Å². The van der Waals surface area contributed by atoms with Crippen LogP contribution in [0, 0.1) is 0 Å². The first-order valence-electron chi connectivity index (χ1n) is 4.15. The summed E-state index contributed by atoms with van der Waals surface area (Å²) in [6.07, 6.45) is 1.80. The lowest BCUT2D eigenvalue weighted by Crippen LogP contribution is -2.43. The zero-order valence-corrected chi connectivity index (χ0v) is 7.36. The summed E-state index contributed by atoms with van der Waals surface area (Å²) < 4.78 is 6.34. The molecule has 1 aromatic rings. The molecule has 5 nitrogen and oxygen atoms in total. The van der Waals surface area contributed by atoms with E-state index in [2.05, 4.69) is 15.2 Å². The van der Waals surface area contributed by atoms with Crippen LogP contribution in [0.4, 0.5) is 0 Å². The van der Waals surface area contributed by atoms with E-state index < -0.39 is 0 Å². The van der Waals surface area contributed by atoms with E-state index >= 15 is 0 Å². The Hall–Kier alpha value is -1.36. The SMILES string of the molecule is COC(=O)c1ccn(C2CNC2)n1. The minimum absolute atomic E-state index is 0.370. The Bertz CT molecular complexity index is 317. The van der Waals surface area contributed by atoms with Gasteiger partial charge in [-0.15, -0.1) is 0 Å².